The number of hydrogen-bond acceptors (Lipinski definition) is 5. The molecule has 0 saturated carbocycles. The molecule has 0 aliphatic heterocycles. The zero-order valence-electron chi connectivity index (χ0n) is 13.9. The molecule has 0 atom stereocenters. The second-order valence-corrected chi connectivity index (χ2v) is 8.67. The van der Waals surface area contributed by atoms with Gasteiger partial charge in [-0.1, -0.05) is 12.1 Å². The van der Waals surface area contributed by atoms with Crippen molar-refractivity contribution in [3.63, 3.8) is 0 Å². The van der Waals surface area contributed by atoms with E-state index in [1.54, 1.807) is 12.1 Å². The lowest BCUT2D eigenvalue weighted by Crippen LogP contribution is -2.42. The first-order chi connectivity index (χ1) is 12.1. The van der Waals surface area contributed by atoms with E-state index in [9.17, 15) is 23.1 Å². The van der Waals surface area contributed by atoms with Gasteiger partial charge in [-0.3, -0.25) is 20.4 Å². The second-order valence-electron chi connectivity index (χ2n) is 5.35. The summed E-state index contributed by atoms with van der Waals surface area (Å²) in [5.74, 6) is -1.62. The summed E-state index contributed by atoms with van der Waals surface area (Å²) in [7, 11) is -0.923. The number of hydrazine groups is 1. The van der Waals surface area contributed by atoms with Gasteiger partial charge in [-0.2, -0.15) is 0 Å². The molecule has 0 heterocycles. The fourth-order valence-corrected chi connectivity index (χ4v) is 3.47. The molecule has 3 N–H and O–H groups in total. The van der Waals surface area contributed by atoms with Crippen LogP contribution in [0.2, 0.25) is 0 Å². The van der Waals surface area contributed by atoms with Crippen LogP contribution in [0, 0.1) is 3.57 Å². The number of sulfonamides is 1. The summed E-state index contributed by atoms with van der Waals surface area (Å²) in [6.07, 6.45) is 0. The molecule has 2 aromatic rings. The zero-order chi connectivity index (χ0) is 19.5. The topological polar surface area (TPSA) is 116 Å². The van der Waals surface area contributed by atoms with Gasteiger partial charge in [0.25, 0.3) is 11.8 Å². The smallest absolute Gasteiger partial charge is 0.273 e. The summed E-state index contributed by atoms with van der Waals surface area (Å²) < 4.78 is 25.9. The number of carbonyl (C=O) groups excluding carboxylic acids is 2. The number of nitrogens with zero attached hydrogens (tertiary/aromatic N) is 1. The van der Waals surface area contributed by atoms with Crippen molar-refractivity contribution >= 4 is 44.4 Å². The molecule has 10 heteroatoms. The molecule has 0 fully saturated rings. The molecule has 0 spiro atoms. The summed E-state index contributed by atoms with van der Waals surface area (Å²) in [6, 6.07) is 9.99. The lowest BCUT2D eigenvalue weighted by Gasteiger charge is -2.14. The highest BCUT2D eigenvalue weighted by atomic mass is 127. The molecule has 2 rings (SSSR count). The molecule has 0 aliphatic rings. The van der Waals surface area contributed by atoms with Crippen LogP contribution in [0.5, 0.6) is 5.75 Å². The Morgan fingerprint density at radius 2 is 1.58 bits per heavy atom. The number of para-hydroxylation sites is 1. The van der Waals surface area contributed by atoms with E-state index in [1.165, 1.54) is 44.4 Å². The summed E-state index contributed by atoms with van der Waals surface area (Å²) >= 11 is 1.89. The number of aromatic hydroxyl groups is 1. The van der Waals surface area contributed by atoms with E-state index in [-0.39, 0.29) is 21.8 Å². The van der Waals surface area contributed by atoms with Gasteiger partial charge in [0.2, 0.25) is 10.0 Å². The predicted octanol–water partition coefficient (Wildman–Crippen LogP) is 1.32. The van der Waals surface area contributed by atoms with Crippen molar-refractivity contribution in [1.29, 1.82) is 0 Å². The van der Waals surface area contributed by atoms with Gasteiger partial charge in [-0.15, -0.1) is 0 Å². The van der Waals surface area contributed by atoms with E-state index >= 15 is 0 Å². The van der Waals surface area contributed by atoms with E-state index in [1.807, 2.05) is 22.6 Å². The predicted molar refractivity (Wildman–Crippen MR) is 103 cm³/mol. The Bertz CT molecular complexity index is 960. The second kappa shape index (κ2) is 8.01. The highest BCUT2D eigenvalue weighted by Gasteiger charge is 2.21. The van der Waals surface area contributed by atoms with Gasteiger partial charge in [0.15, 0.2) is 0 Å². The van der Waals surface area contributed by atoms with Crippen molar-refractivity contribution in [3.8, 4) is 5.75 Å². The first-order valence-corrected chi connectivity index (χ1v) is 9.77. The number of benzene rings is 2. The highest BCUT2D eigenvalue weighted by Crippen LogP contribution is 2.20. The third-order valence-electron chi connectivity index (χ3n) is 3.40. The quantitative estimate of drug-likeness (QED) is 0.443. The standard InChI is InChI=1S/C16H16IN3O5S/c1-20(2)26(24,25)10-7-8-13(17)12(9-10)16(23)19-18-15(22)11-5-3-4-6-14(11)21/h3-9,21H,1-2H3,(H,18,22)(H,19,23). The Labute approximate surface area is 164 Å². The molecule has 8 nitrogen and oxygen atoms in total. The molecule has 2 amide bonds. The average Bonchev–Trinajstić information content (AvgIpc) is 2.59. The van der Waals surface area contributed by atoms with Crippen LogP contribution < -0.4 is 10.9 Å². The third kappa shape index (κ3) is 4.31. The summed E-state index contributed by atoms with van der Waals surface area (Å²) in [5, 5.41) is 9.64. The number of phenolic OH excluding ortho intramolecular Hbond substituents is 1. The van der Waals surface area contributed by atoms with Crippen LogP contribution in [0.25, 0.3) is 0 Å². The number of halogens is 1. The molecule has 0 radical (unpaired) electrons. The van der Waals surface area contributed by atoms with Crippen molar-refractivity contribution < 1.29 is 23.1 Å². The van der Waals surface area contributed by atoms with E-state index < -0.39 is 21.8 Å². The first kappa shape index (κ1) is 20.1. The van der Waals surface area contributed by atoms with E-state index in [0.717, 1.165) is 4.31 Å². The largest absolute Gasteiger partial charge is 0.507 e. The van der Waals surface area contributed by atoms with Gasteiger partial charge in [0.1, 0.15) is 5.75 Å². The van der Waals surface area contributed by atoms with Crippen molar-refractivity contribution in [2.75, 3.05) is 14.1 Å². The molecule has 0 aromatic heterocycles. The maximum Gasteiger partial charge on any atom is 0.273 e. The van der Waals surface area contributed by atoms with E-state index in [0.29, 0.717) is 3.57 Å². The van der Waals surface area contributed by atoms with Crippen LogP contribution in [0.4, 0.5) is 0 Å². The van der Waals surface area contributed by atoms with Crippen molar-refractivity contribution in [3.05, 3.63) is 57.2 Å². The SMILES string of the molecule is CN(C)S(=O)(=O)c1ccc(I)c(C(=O)NNC(=O)c2ccccc2O)c1. The fourth-order valence-electron chi connectivity index (χ4n) is 1.96. The summed E-state index contributed by atoms with van der Waals surface area (Å²) in [5.41, 5.74) is 4.48. The maximum absolute atomic E-state index is 12.3. The monoisotopic (exact) mass is 489 g/mol. The molecule has 0 unspecified atom stereocenters. The number of carbonyl (C=O) groups is 2. The number of amides is 2. The van der Waals surface area contributed by atoms with Crippen LogP contribution in [0.1, 0.15) is 20.7 Å². The van der Waals surface area contributed by atoms with Crippen LogP contribution >= 0.6 is 22.6 Å². The first-order valence-electron chi connectivity index (χ1n) is 7.25. The Hall–Kier alpha value is -2.18. The molecular formula is C16H16IN3O5S. The fraction of sp³-hybridized carbons (Fsp3) is 0.125. The number of nitrogens with one attached hydrogen (secondary N) is 2. The lowest BCUT2D eigenvalue weighted by molar-refractivity contribution is 0.0844. The van der Waals surface area contributed by atoms with Crippen LogP contribution in [-0.4, -0.2) is 43.7 Å². The Balaban J connectivity index is 2.20. The zero-order valence-corrected chi connectivity index (χ0v) is 16.8. The normalized spacial score (nSPS) is 11.2. The van der Waals surface area contributed by atoms with Gasteiger partial charge in [0, 0.05) is 17.7 Å². The molecule has 138 valence electrons. The Morgan fingerprint density at radius 3 is 2.15 bits per heavy atom. The van der Waals surface area contributed by atoms with Crippen molar-refractivity contribution in [2.24, 2.45) is 0 Å². The van der Waals surface area contributed by atoms with Gasteiger partial charge < -0.3 is 5.11 Å². The lowest BCUT2D eigenvalue weighted by atomic mass is 10.2. The van der Waals surface area contributed by atoms with Crippen LogP contribution in [0.3, 0.4) is 0 Å². The molecule has 0 bridgehead atoms. The number of phenols is 1. The molecule has 26 heavy (non-hydrogen) atoms. The number of rotatable bonds is 4. The summed E-state index contributed by atoms with van der Waals surface area (Å²) in [6.45, 7) is 0. The van der Waals surface area contributed by atoms with Gasteiger partial charge in [-0.25, -0.2) is 12.7 Å². The van der Waals surface area contributed by atoms with Crippen molar-refractivity contribution in [1.82, 2.24) is 15.2 Å². The van der Waals surface area contributed by atoms with Crippen LogP contribution in [0.15, 0.2) is 47.4 Å². The molecule has 0 aliphatic carbocycles. The van der Waals surface area contributed by atoms with Crippen molar-refractivity contribution in [2.45, 2.75) is 4.90 Å². The van der Waals surface area contributed by atoms with E-state index in [2.05, 4.69) is 10.9 Å². The van der Waals surface area contributed by atoms with Gasteiger partial charge in [0.05, 0.1) is 16.0 Å². The highest BCUT2D eigenvalue weighted by molar-refractivity contribution is 14.1. The minimum atomic E-state index is -3.70. The molecule has 0 saturated heterocycles. The number of hydrogen-bond donors (Lipinski definition) is 3. The Kier molecular flexibility index (Phi) is 6.21. The average molecular weight is 489 g/mol. The minimum Gasteiger partial charge on any atom is -0.507 e. The Morgan fingerprint density at radius 1 is 1.00 bits per heavy atom. The molecular weight excluding hydrogens is 473 g/mol. The molecule has 2 aromatic carbocycles. The summed E-state index contributed by atoms with van der Waals surface area (Å²) in [4.78, 5) is 24.3. The maximum atomic E-state index is 12.3. The third-order valence-corrected chi connectivity index (χ3v) is 6.15. The van der Waals surface area contributed by atoms with Gasteiger partial charge in [-0.05, 0) is 52.9 Å². The minimum absolute atomic E-state index is 0.00793. The van der Waals surface area contributed by atoms with E-state index in [4.69, 9.17) is 0 Å². The van der Waals surface area contributed by atoms with Gasteiger partial charge >= 0.3 is 0 Å². The van der Waals surface area contributed by atoms with Crippen LogP contribution in [-0.2, 0) is 10.0 Å².